The number of cyclic esters (lactones) is 1. The third-order valence-corrected chi connectivity index (χ3v) is 5.87. The Morgan fingerprint density at radius 1 is 1.15 bits per heavy atom. The highest BCUT2D eigenvalue weighted by Crippen LogP contribution is 2.22. The van der Waals surface area contributed by atoms with Gasteiger partial charge in [0.2, 0.25) is 10.0 Å². The van der Waals surface area contributed by atoms with Crippen molar-refractivity contribution in [1.82, 2.24) is 4.72 Å². The van der Waals surface area contributed by atoms with Gasteiger partial charge in [0.05, 0.1) is 12.3 Å². The van der Waals surface area contributed by atoms with E-state index in [-0.39, 0.29) is 12.3 Å². The van der Waals surface area contributed by atoms with Gasteiger partial charge in [-0.3, -0.25) is 4.90 Å². The monoisotopic (exact) mass is 388 g/mol. The maximum absolute atomic E-state index is 12.2. The average molecular weight is 388 g/mol. The SMILES string of the molecule is Cc1cccc(N2CC(CNS(=O)(=O)CCCc3ccccc3)OC2=O)c1. The second-order valence-electron chi connectivity index (χ2n) is 6.71. The molecule has 1 atom stereocenters. The number of nitrogens with zero attached hydrogens (tertiary/aromatic N) is 1. The maximum Gasteiger partial charge on any atom is 0.414 e. The molecule has 7 heteroatoms. The largest absolute Gasteiger partial charge is 0.443 e. The lowest BCUT2D eigenvalue weighted by atomic mass is 10.1. The molecule has 1 amide bonds. The predicted octanol–water partition coefficient (Wildman–Crippen LogP) is 2.87. The summed E-state index contributed by atoms with van der Waals surface area (Å²) in [7, 11) is -3.41. The molecule has 0 spiro atoms. The Labute approximate surface area is 160 Å². The minimum absolute atomic E-state index is 0.0458. The van der Waals surface area contributed by atoms with E-state index >= 15 is 0 Å². The normalized spacial score (nSPS) is 17.1. The molecule has 0 radical (unpaired) electrons. The van der Waals surface area contributed by atoms with E-state index < -0.39 is 22.2 Å². The molecule has 0 bridgehead atoms. The molecule has 27 heavy (non-hydrogen) atoms. The van der Waals surface area contributed by atoms with Crippen LogP contribution < -0.4 is 9.62 Å². The molecule has 0 aromatic heterocycles. The fourth-order valence-electron chi connectivity index (χ4n) is 3.04. The lowest BCUT2D eigenvalue weighted by Crippen LogP contribution is -2.36. The quantitative estimate of drug-likeness (QED) is 0.754. The van der Waals surface area contributed by atoms with Crippen molar-refractivity contribution in [2.45, 2.75) is 25.9 Å². The molecule has 1 aliphatic rings. The first kappa shape index (κ1) is 19.4. The first-order valence-corrected chi connectivity index (χ1v) is 10.6. The zero-order chi connectivity index (χ0) is 19.3. The van der Waals surface area contributed by atoms with Gasteiger partial charge in [-0.2, -0.15) is 0 Å². The van der Waals surface area contributed by atoms with Gasteiger partial charge in [-0.15, -0.1) is 0 Å². The summed E-state index contributed by atoms with van der Waals surface area (Å²) in [6, 6.07) is 17.3. The molecule has 0 aliphatic carbocycles. The molecule has 1 heterocycles. The molecule has 2 aromatic rings. The van der Waals surface area contributed by atoms with E-state index in [1.165, 1.54) is 4.90 Å². The third kappa shape index (κ3) is 5.55. The number of aryl methyl sites for hydroxylation is 2. The molecular weight excluding hydrogens is 364 g/mol. The van der Waals surface area contributed by atoms with E-state index in [1.54, 1.807) is 0 Å². The smallest absolute Gasteiger partial charge is 0.414 e. The minimum Gasteiger partial charge on any atom is -0.443 e. The number of hydrogen-bond acceptors (Lipinski definition) is 4. The molecule has 144 valence electrons. The van der Waals surface area contributed by atoms with Gasteiger partial charge in [0, 0.05) is 12.2 Å². The summed E-state index contributed by atoms with van der Waals surface area (Å²) in [6.45, 7) is 2.36. The summed E-state index contributed by atoms with van der Waals surface area (Å²) in [6.07, 6.45) is 0.302. The van der Waals surface area contributed by atoms with Gasteiger partial charge in [0.15, 0.2) is 0 Å². The fraction of sp³-hybridized carbons (Fsp3) is 0.350. The zero-order valence-corrected chi connectivity index (χ0v) is 16.1. The molecule has 1 aliphatic heterocycles. The van der Waals surface area contributed by atoms with Crippen LogP contribution in [0.5, 0.6) is 0 Å². The number of carbonyl (C=O) groups excluding carboxylic acids is 1. The standard InChI is InChI=1S/C20H24N2O4S/c1-16-7-5-11-18(13-16)22-15-19(26-20(22)23)14-21-27(24,25)12-6-10-17-8-3-2-4-9-17/h2-5,7-9,11,13,19,21H,6,10,12,14-15H2,1H3. The van der Waals surface area contributed by atoms with Crippen LogP contribution in [0.4, 0.5) is 10.5 Å². The van der Waals surface area contributed by atoms with Crippen molar-refractivity contribution in [3.8, 4) is 0 Å². The van der Waals surface area contributed by atoms with Gasteiger partial charge >= 0.3 is 6.09 Å². The molecule has 1 fully saturated rings. The Hall–Kier alpha value is -2.38. The van der Waals surface area contributed by atoms with E-state index in [4.69, 9.17) is 4.74 Å². The molecule has 3 rings (SSSR count). The van der Waals surface area contributed by atoms with Crippen LogP contribution in [0, 0.1) is 6.92 Å². The first-order valence-electron chi connectivity index (χ1n) is 8.99. The van der Waals surface area contributed by atoms with Crippen molar-refractivity contribution < 1.29 is 17.9 Å². The molecule has 1 N–H and O–H groups in total. The maximum atomic E-state index is 12.2. The summed E-state index contributed by atoms with van der Waals surface area (Å²) in [5.41, 5.74) is 2.92. The van der Waals surface area contributed by atoms with Crippen molar-refractivity contribution in [2.24, 2.45) is 0 Å². The van der Waals surface area contributed by atoms with Crippen LogP contribution in [0.2, 0.25) is 0 Å². The van der Waals surface area contributed by atoms with Crippen LogP contribution >= 0.6 is 0 Å². The van der Waals surface area contributed by atoms with E-state index in [0.29, 0.717) is 19.4 Å². The topological polar surface area (TPSA) is 75.7 Å². The van der Waals surface area contributed by atoms with Gasteiger partial charge in [0.1, 0.15) is 6.10 Å². The number of carbonyl (C=O) groups is 1. The Balaban J connectivity index is 1.47. The van der Waals surface area contributed by atoms with Gasteiger partial charge in [-0.1, -0.05) is 42.5 Å². The number of anilines is 1. The third-order valence-electron chi connectivity index (χ3n) is 4.44. The van der Waals surface area contributed by atoms with E-state index in [2.05, 4.69) is 4.72 Å². The molecule has 6 nitrogen and oxygen atoms in total. The van der Waals surface area contributed by atoms with Gasteiger partial charge < -0.3 is 4.74 Å². The summed E-state index contributed by atoms with van der Waals surface area (Å²) < 4.78 is 32.2. The number of ether oxygens (including phenoxy) is 1. The Morgan fingerprint density at radius 3 is 2.67 bits per heavy atom. The van der Waals surface area contributed by atoms with E-state index in [1.807, 2.05) is 61.5 Å². The van der Waals surface area contributed by atoms with Crippen LogP contribution in [-0.4, -0.2) is 39.5 Å². The van der Waals surface area contributed by atoms with E-state index in [9.17, 15) is 13.2 Å². The number of sulfonamides is 1. The van der Waals surface area contributed by atoms with Gasteiger partial charge in [0.25, 0.3) is 0 Å². The number of amides is 1. The van der Waals surface area contributed by atoms with Gasteiger partial charge in [-0.25, -0.2) is 17.9 Å². The van der Waals surface area contributed by atoms with Crippen LogP contribution in [0.25, 0.3) is 0 Å². The molecule has 0 saturated carbocycles. The lowest BCUT2D eigenvalue weighted by Gasteiger charge is -2.13. The van der Waals surface area contributed by atoms with Crippen LogP contribution in [-0.2, 0) is 21.2 Å². The number of rotatable bonds is 8. The summed E-state index contributed by atoms with van der Waals surface area (Å²) >= 11 is 0. The zero-order valence-electron chi connectivity index (χ0n) is 15.3. The Kier molecular flexibility index (Phi) is 6.13. The van der Waals surface area contributed by atoms with Crippen molar-refractivity contribution in [3.05, 3.63) is 65.7 Å². The molecule has 2 aromatic carbocycles. The second-order valence-corrected chi connectivity index (χ2v) is 8.64. The summed E-state index contributed by atoms with van der Waals surface area (Å²) in [5, 5.41) is 0. The average Bonchev–Trinajstić information content (AvgIpc) is 3.02. The Morgan fingerprint density at radius 2 is 1.93 bits per heavy atom. The predicted molar refractivity (Wildman–Crippen MR) is 105 cm³/mol. The van der Waals surface area contributed by atoms with E-state index in [0.717, 1.165) is 16.8 Å². The van der Waals surface area contributed by atoms with Crippen LogP contribution in [0.3, 0.4) is 0 Å². The van der Waals surface area contributed by atoms with Crippen molar-refractivity contribution in [1.29, 1.82) is 0 Å². The minimum atomic E-state index is -3.41. The number of nitrogens with one attached hydrogen (secondary N) is 1. The molecular formula is C20H24N2O4S. The molecule has 1 saturated heterocycles. The number of hydrogen-bond donors (Lipinski definition) is 1. The highest BCUT2D eigenvalue weighted by molar-refractivity contribution is 7.89. The van der Waals surface area contributed by atoms with Gasteiger partial charge in [-0.05, 0) is 43.0 Å². The highest BCUT2D eigenvalue weighted by atomic mass is 32.2. The van der Waals surface area contributed by atoms with Crippen molar-refractivity contribution in [2.75, 3.05) is 23.7 Å². The van der Waals surface area contributed by atoms with Crippen LogP contribution in [0.1, 0.15) is 17.5 Å². The Bertz CT molecular complexity index is 884. The second kappa shape index (κ2) is 8.54. The lowest BCUT2D eigenvalue weighted by molar-refractivity contribution is 0.143. The first-order chi connectivity index (χ1) is 12.9. The number of benzene rings is 2. The summed E-state index contributed by atoms with van der Waals surface area (Å²) in [4.78, 5) is 13.6. The summed E-state index contributed by atoms with van der Waals surface area (Å²) in [5.74, 6) is 0.0458. The van der Waals surface area contributed by atoms with Crippen molar-refractivity contribution >= 4 is 21.8 Å². The fourth-order valence-corrected chi connectivity index (χ4v) is 4.15. The van der Waals surface area contributed by atoms with Crippen LogP contribution in [0.15, 0.2) is 54.6 Å². The van der Waals surface area contributed by atoms with Crippen molar-refractivity contribution in [3.63, 3.8) is 0 Å². The highest BCUT2D eigenvalue weighted by Gasteiger charge is 2.32. The molecule has 1 unspecified atom stereocenters.